The fourth-order valence-electron chi connectivity index (χ4n) is 1.74. The molecular formula is C13H19ClO3S. The molecule has 102 valence electrons. The second kappa shape index (κ2) is 6.55. The zero-order valence-electron chi connectivity index (χ0n) is 10.9. The van der Waals surface area contributed by atoms with Crippen molar-refractivity contribution in [2.75, 3.05) is 6.61 Å². The highest BCUT2D eigenvalue weighted by Crippen LogP contribution is 2.27. The van der Waals surface area contributed by atoms with Crippen LogP contribution in [0.25, 0.3) is 0 Å². The summed E-state index contributed by atoms with van der Waals surface area (Å²) in [6.45, 7) is 6.90. The average Bonchev–Trinajstić information content (AvgIpc) is 2.28. The lowest BCUT2D eigenvalue weighted by Gasteiger charge is -2.22. The minimum absolute atomic E-state index is 0.0166. The molecule has 0 aliphatic heterocycles. The molecule has 3 nitrogen and oxygen atoms in total. The first-order chi connectivity index (χ1) is 8.36. The molecule has 0 radical (unpaired) electrons. The first kappa shape index (κ1) is 15.5. The Morgan fingerprint density at radius 2 is 1.78 bits per heavy atom. The number of hydrogen-bond donors (Lipinski definition) is 0. The molecule has 1 atom stereocenters. The summed E-state index contributed by atoms with van der Waals surface area (Å²) in [5, 5.41) is 0. The van der Waals surface area contributed by atoms with E-state index in [0.717, 1.165) is 12.0 Å². The molecule has 1 unspecified atom stereocenters. The molecule has 0 bridgehead atoms. The lowest BCUT2D eigenvalue weighted by molar-refractivity contribution is 0.0214. The third-order valence-electron chi connectivity index (χ3n) is 2.60. The smallest absolute Gasteiger partial charge is 0.261 e. The van der Waals surface area contributed by atoms with Gasteiger partial charge in [0.1, 0.15) is 0 Å². The minimum atomic E-state index is -3.65. The van der Waals surface area contributed by atoms with E-state index in [2.05, 4.69) is 20.8 Å². The predicted octanol–water partition coefficient (Wildman–Crippen LogP) is 3.74. The quantitative estimate of drug-likeness (QED) is 0.750. The Morgan fingerprint density at radius 3 is 2.17 bits per heavy atom. The van der Waals surface area contributed by atoms with Crippen molar-refractivity contribution < 1.29 is 13.2 Å². The van der Waals surface area contributed by atoms with Crippen LogP contribution in [0.3, 0.4) is 0 Å². The molecule has 0 spiro atoms. The SMILES string of the molecule is CCCOC(c1ccc(S(=O)(=O)Cl)cc1)C(C)C. The largest absolute Gasteiger partial charge is 0.373 e. The number of ether oxygens (including phenoxy) is 1. The van der Waals surface area contributed by atoms with E-state index in [1.807, 2.05) is 0 Å². The Balaban J connectivity index is 2.94. The van der Waals surface area contributed by atoms with Crippen LogP contribution in [-0.4, -0.2) is 15.0 Å². The summed E-state index contributed by atoms with van der Waals surface area (Å²) in [6.07, 6.45) is 0.939. The van der Waals surface area contributed by atoms with Crippen molar-refractivity contribution in [2.24, 2.45) is 5.92 Å². The number of hydrogen-bond acceptors (Lipinski definition) is 3. The molecular weight excluding hydrogens is 272 g/mol. The molecule has 0 amide bonds. The molecule has 0 saturated carbocycles. The molecule has 5 heteroatoms. The van der Waals surface area contributed by atoms with E-state index in [1.165, 1.54) is 12.1 Å². The molecule has 0 saturated heterocycles. The average molecular weight is 291 g/mol. The molecule has 1 rings (SSSR count). The molecule has 18 heavy (non-hydrogen) atoms. The topological polar surface area (TPSA) is 43.4 Å². The molecule has 0 aromatic heterocycles. The van der Waals surface area contributed by atoms with Crippen molar-refractivity contribution >= 4 is 19.7 Å². The van der Waals surface area contributed by atoms with Gasteiger partial charge in [-0.2, -0.15) is 0 Å². The van der Waals surface area contributed by atoms with Gasteiger partial charge < -0.3 is 4.74 Å². The summed E-state index contributed by atoms with van der Waals surface area (Å²) >= 11 is 0. The predicted molar refractivity (Wildman–Crippen MR) is 73.3 cm³/mol. The monoisotopic (exact) mass is 290 g/mol. The Hall–Kier alpha value is -0.580. The Kier molecular flexibility index (Phi) is 5.63. The Morgan fingerprint density at radius 1 is 1.22 bits per heavy atom. The molecule has 0 fully saturated rings. The summed E-state index contributed by atoms with van der Waals surface area (Å²) in [6, 6.07) is 6.55. The van der Waals surface area contributed by atoms with Crippen LogP contribution in [0.5, 0.6) is 0 Å². The van der Waals surface area contributed by atoms with Gasteiger partial charge in [-0.3, -0.25) is 0 Å². The lowest BCUT2D eigenvalue weighted by atomic mass is 9.99. The molecule has 1 aromatic carbocycles. The van der Waals surface area contributed by atoms with Crippen LogP contribution in [0.4, 0.5) is 0 Å². The van der Waals surface area contributed by atoms with E-state index in [9.17, 15) is 8.42 Å². The van der Waals surface area contributed by atoms with Gasteiger partial charge >= 0.3 is 0 Å². The number of benzene rings is 1. The second-order valence-corrected chi connectivity index (χ2v) is 7.11. The van der Waals surface area contributed by atoms with Crippen molar-refractivity contribution in [2.45, 2.75) is 38.2 Å². The van der Waals surface area contributed by atoms with Gasteiger partial charge in [-0.15, -0.1) is 0 Å². The minimum Gasteiger partial charge on any atom is -0.373 e. The normalized spacial score (nSPS) is 13.8. The van der Waals surface area contributed by atoms with Crippen molar-refractivity contribution in [3.05, 3.63) is 29.8 Å². The van der Waals surface area contributed by atoms with Gasteiger partial charge in [0.15, 0.2) is 0 Å². The van der Waals surface area contributed by atoms with Crippen LogP contribution < -0.4 is 0 Å². The highest BCUT2D eigenvalue weighted by atomic mass is 35.7. The fraction of sp³-hybridized carbons (Fsp3) is 0.538. The van der Waals surface area contributed by atoms with E-state index in [4.69, 9.17) is 15.4 Å². The Bertz CT molecular complexity index is 466. The van der Waals surface area contributed by atoms with Crippen LogP contribution in [0.2, 0.25) is 0 Å². The molecule has 0 aliphatic carbocycles. The molecule has 1 aromatic rings. The summed E-state index contributed by atoms with van der Waals surface area (Å²) < 4.78 is 28.1. The van der Waals surface area contributed by atoms with Crippen LogP contribution in [-0.2, 0) is 13.8 Å². The maximum absolute atomic E-state index is 11.2. The molecule has 0 aliphatic rings. The zero-order valence-corrected chi connectivity index (χ0v) is 12.5. The summed E-state index contributed by atoms with van der Waals surface area (Å²) in [7, 11) is 1.63. The van der Waals surface area contributed by atoms with Gasteiger partial charge in [0.05, 0.1) is 11.0 Å². The third-order valence-corrected chi connectivity index (χ3v) is 3.97. The van der Waals surface area contributed by atoms with Gasteiger partial charge in [-0.1, -0.05) is 32.9 Å². The van der Waals surface area contributed by atoms with E-state index < -0.39 is 9.05 Å². The van der Waals surface area contributed by atoms with Crippen molar-refractivity contribution in [1.82, 2.24) is 0 Å². The first-order valence-electron chi connectivity index (χ1n) is 6.02. The molecule has 0 N–H and O–H groups in total. The second-order valence-electron chi connectivity index (χ2n) is 4.54. The standard InChI is InChI=1S/C13H19ClO3S/c1-4-9-17-13(10(2)3)11-5-7-12(8-6-11)18(14,15)16/h5-8,10,13H,4,9H2,1-3H3. The highest BCUT2D eigenvalue weighted by Gasteiger charge is 2.17. The van der Waals surface area contributed by atoms with E-state index in [-0.39, 0.29) is 11.0 Å². The summed E-state index contributed by atoms with van der Waals surface area (Å²) in [5.41, 5.74) is 0.975. The van der Waals surface area contributed by atoms with Gasteiger partial charge in [0, 0.05) is 17.3 Å². The highest BCUT2D eigenvalue weighted by molar-refractivity contribution is 8.13. The van der Waals surface area contributed by atoms with Crippen LogP contribution >= 0.6 is 10.7 Å². The van der Waals surface area contributed by atoms with Crippen LogP contribution in [0.1, 0.15) is 38.9 Å². The van der Waals surface area contributed by atoms with E-state index in [1.54, 1.807) is 12.1 Å². The number of halogens is 1. The van der Waals surface area contributed by atoms with Crippen LogP contribution in [0.15, 0.2) is 29.2 Å². The maximum Gasteiger partial charge on any atom is 0.261 e. The lowest BCUT2D eigenvalue weighted by Crippen LogP contribution is -2.12. The van der Waals surface area contributed by atoms with Crippen molar-refractivity contribution in [1.29, 1.82) is 0 Å². The molecule has 0 heterocycles. The van der Waals surface area contributed by atoms with Gasteiger partial charge in [0.25, 0.3) is 9.05 Å². The van der Waals surface area contributed by atoms with E-state index in [0.29, 0.717) is 12.5 Å². The Labute approximate surface area is 114 Å². The van der Waals surface area contributed by atoms with Crippen molar-refractivity contribution in [3.63, 3.8) is 0 Å². The van der Waals surface area contributed by atoms with Crippen molar-refractivity contribution in [3.8, 4) is 0 Å². The zero-order chi connectivity index (χ0) is 13.8. The van der Waals surface area contributed by atoms with Crippen LogP contribution in [0, 0.1) is 5.92 Å². The first-order valence-corrected chi connectivity index (χ1v) is 8.33. The van der Waals surface area contributed by atoms with Gasteiger partial charge in [-0.25, -0.2) is 8.42 Å². The van der Waals surface area contributed by atoms with E-state index >= 15 is 0 Å². The number of rotatable bonds is 6. The third kappa shape index (κ3) is 4.26. The fourth-order valence-corrected chi connectivity index (χ4v) is 2.51. The summed E-state index contributed by atoms with van der Waals surface area (Å²) in [4.78, 5) is 0.117. The summed E-state index contributed by atoms with van der Waals surface area (Å²) in [5.74, 6) is 0.329. The van der Waals surface area contributed by atoms with Gasteiger partial charge in [-0.05, 0) is 30.0 Å². The maximum atomic E-state index is 11.2. The van der Waals surface area contributed by atoms with Gasteiger partial charge in [0.2, 0.25) is 0 Å².